The number of carbonyl (C=O) groups is 2. The number of hydrogen-bond acceptors (Lipinski definition) is 5. The number of likely N-dealkylation sites (tertiary alicyclic amines) is 1. The maximum absolute atomic E-state index is 12.7. The van der Waals surface area contributed by atoms with Gasteiger partial charge in [0.15, 0.2) is 0 Å². The number of ether oxygens (including phenoxy) is 2. The monoisotopic (exact) mass is 429 g/mol. The normalized spacial score (nSPS) is 20.3. The number of benzene rings is 1. The Kier molecular flexibility index (Phi) is 7.19. The minimum absolute atomic E-state index is 0.0313. The van der Waals surface area contributed by atoms with Crippen LogP contribution in [0.15, 0.2) is 24.3 Å². The largest absolute Gasteiger partial charge is 0.573 e. The molecule has 0 radical (unpaired) electrons. The Morgan fingerprint density at radius 3 is 2.43 bits per heavy atom. The average Bonchev–Trinajstić information content (AvgIpc) is 3.17. The molecule has 2 aliphatic rings. The molecule has 3 rings (SSSR count). The van der Waals surface area contributed by atoms with Crippen molar-refractivity contribution in [2.45, 2.75) is 25.7 Å². The minimum Gasteiger partial charge on any atom is -0.406 e. The zero-order chi connectivity index (χ0) is 21.7. The molecule has 1 unspecified atom stereocenters. The van der Waals surface area contributed by atoms with Gasteiger partial charge >= 0.3 is 6.36 Å². The SMILES string of the molecule is CC(=O)N(CCN1CCOCC1)C1CCN(C(=O)c2ccc(OC(F)(F)F)cc2)C1. The Balaban J connectivity index is 1.55. The Hall–Kier alpha value is -2.33. The fraction of sp³-hybridized carbons (Fsp3) is 0.600. The molecule has 0 spiro atoms. The van der Waals surface area contributed by atoms with Crippen LogP contribution in [0.5, 0.6) is 5.75 Å². The van der Waals surface area contributed by atoms with Gasteiger partial charge in [-0.2, -0.15) is 0 Å². The number of halogens is 3. The summed E-state index contributed by atoms with van der Waals surface area (Å²) in [4.78, 5) is 30.6. The van der Waals surface area contributed by atoms with Crippen LogP contribution in [-0.4, -0.2) is 91.4 Å². The Bertz CT molecular complexity index is 736. The van der Waals surface area contributed by atoms with E-state index < -0.39 is 6.36 Å². The molecule has 0 aliphatic carbocycles. The van der Waals surface area contributed by atoms with Crippen LogP contribution in [0.2, 0.25) is 0 Å². The van der Waals surface area contributed by atoms with E-state index in [9.17, 15) is 22.8 Å². The molecule has 1 aromatic rings. The van der Waals surface area contributed by atoms with Crippen LogP contribution in [0.4, 0.5) is 13.2 Å². The maximum Gasteiger partial charge on any atom is 0.573 e. The molecule has 166 valence electrons. The van der Waals surface area contributed by atoms with Gasteiger partial charge in [-0.25, -0.2) is 0 Å². The Morgan fingerprint density at radius 2 is 1.83 bits per heavy atom. The number of hydrogen-bond donors (Lipinski definition) is 0. The standard InChI is InChI=1S/C20H26F3N3O4/c1-15(27)26(9-8-24-10-12-29-13-11-24)17-6-7-25(14-17)19(28)16-2-4-18(5-3-16)30-20(21,22)23/h2-5,17H,6-14H2,1H3. The van der Waals surface area contributed by atoms with E-state index in [0.29, 0.717) is 39.3 Å². The van der Waals surface area contributed by atoms with Crippen LogP contribution in [0.1, 0.15) is 23.7 Å². The molecule has 1 atom stereocenters. The molecule has 1 aromatic carbocycles. The van der Waals surface area contributed by atoms with Crippen LogP contribution in [-0.2, 0) is 9.53 Å². The van der Waals surface area contributed by atoms with Crippen molar-refractivity contribution in [3.63, 3.8) is 0 Å². The second-order valence-corrected chi connectivity index (χ2v) is 7.43. The molecular weight excluding hydrogens is 403 g/mol. The van der Waals surface area contributed by atoms with Crippen molar-refractivity contribution >= 4 is 11.8 Å². The van der Waals surface area contributed by atoms with E-state index in [-0.39, 0.29) is 29.2 Å². The predicted molar refractivity (Wildman–Crippen MR) is 102 cm³/mol. The molecule has 7 nitrogen and oxygen atoms in total. The molecule has 30 heavy (non-hydrogen) atoms. The molecule has 0 aromatic heterocycles. The Morgan fingerprint density at radius 1 is 1.17 bits per heavy atom. The minimum atomic E-state index is -4.77. The van der Waals surface area contributed by atoms with Gasteiger partial charge in [0.1, 0.15) is 5.75 Å². The molecule has 0 bridgehead atoms. The molecule has 0 N–H and O–H groups in total. The molecule has 2 heterocycles. The van der Waals surface area contributed by atoms with Crippen molar-refractivity contribution in [2.75, 3.05) is 52.5 Å². The van der Waals surface area contributed by atoms with Gasteiger partial charge in [0.25, 0.3) is 5.91 Å². The van der Waals surface area contributed by atoms with Crippen molar-refractivity contribution < 1.29 is 32.2 Å². The fourth-order valence-corrected chi connectivity index (χ4v) is 3.83. The summed E-state index contributed by atoms with van der Waals surface area (Å²) in [5.74, 6) is -0.673. The van der Waals surface area contributed by atoms with Gasteiger partial charge in [-0.15, -0.1) is 13.2 Å². The highest BCUT2D eigenvalue weighted by atomic mass is 19.4. The van der Waals surface area contributed by atoms with E-state index >= 15 is 0 Å². The number of carbonyl (C=O) groups excluding carboxylic acids is 2. The highest BCUT2D eigenvalue weighted by Gasteiger charge is 2.33. The van der Waals surface area contributed by atoms with Gasteiger partial charge < -0.3 is 19.3 Å². The van der Waals surface area contributed by atoms with Gasteiger partial charge in [-0.3, -0.25) is 14.5 Å². The molecular formula is C20H26F3N3O4. The highest BCUT2D eigenvalue weighted by Crippen LogP contribution is 2.24. The second kappa shape index (κ2) is 9.65. The van der Waals surface area contributed by atoms with Gasteiger partial charge in [-0.05, 0) is 30.7 Å². The summed E-state index contributed by atoms with van der Waals surface area (Å²) in [7, 11) is 0. The summed E-state index contributed by atoms with van der Waals surface area (Å²) >= 11 is 0. The van der Waals surface area contributed by atoms with Gasteiger partial charge in [-0.1, -0.05) is 0 Å². The van der Waals surface area contributed by atoms with E-state index in [4.69, 9.17) is 4.74 Å². The molecule has 10 heteroatoms. The summed E-state index contributed by atoms with van der Waals surface area (Å²) in [6.45, 7) is 6.85. The number of alkyl halides is 3. The van der Waals surface area contributed by atoms with E-state index in [1.165, 1.54) is 19.1 Å². The van der Waals surface area contributed by atoms with Crippen LogP contribution in [0.3, 0.4) is 0 Å². The summed E-state index contributed by atoms with van der Waals surface area (Å²) in [6, 6.07) is 4.81. The average molecular weight is 429 g/mol. The van der Waals surface area contributed by atoms with Gasteiger partial charge in [0.2, 0.25) is 5.91 Å². The van der Waals surface area contributed by atoms with Crippen molar-refractivity contribution in [1.82, 2.24) is 14.7 Å². The van der Waals surface area contributed by atoms with Crippen LogP contribution >= 0.6 is 0 Å². The van der Waals surface area contributed by atoms with Crippen molar-refractivity contribution in [3.05, 3.63) is 29.8 Å². The third-order valence-corrected chi connectivity index (χ3v) is 5.39. The maximum atomic E-state index is 12.7. The quantitative estimate of drug-likeness (QED) is 0.692. The number of nitrogens with zero attached hydrogens (tertiary/aromatic N) is 3. The smallest absolute Gasteiger partial charge is 0.406 e. The topological polar surface area (TPSA) is 62.3 Å². The first-order chi connectivity index (χ1) is 14.2. The van der Waals surface area contributed by atoms with E-state index in [0.717, 1.165) is 31.8 Å². The zero-order valence-electron chi connectivity index (χ0n) is 16.9. The number of amides is 2. The zero-order valence-corrected chi connectivity index (χ0v) is 16.9. The Labute approximate surface area is 173 Å². The molecule has 2 fully saturated rings. The molecule has 2 saturated heterocycles. The summed E-state index contributed by atoms with van der Waals surface area (Å²) < 4.78 is 46.0. The van der Waals surface area contributed by atoms with E-state index in [1.54, 1.807) is 4.90 Å². The lowest BCUT2D eigenvalue weighted by Crippen LogP contribution is -2.47. The number of rotatable bonds is 6. The molecule has 2 amide bonds. The predicted octanol–water partition coefficient (Wildman–Crippen LogP) is 1.98. The third-order valence-electron chi connectivity index (χ3n) is 5.39. The first-order valence-electron chi connectivity index (χ1n) is 9.95. The molecule has 2 aliphatic heterocycles. The van der Waals surface area contributed by atoms with E-state index in [2.05, 4.69) is 9.64 Å². The lowest BCUT2D eigenvalue weighted by molar-refractivity contribution is -0.274. The molecule has 0 saturated carbocycles. The van der Waals surface area contributed by atoms with Crippen LogP contribution < -0.4 is 4.74 Å². The van der Waals surface area contributed by atoms with E-state index in [1.807, 2.05) is 4.90 Å². The summed E-state index contributed by atoms with van der Waals surface area (Å²) in [6.07, 6.45) is -4.10. The van der Waals surface area contributed by atoms with Crippen molar-refractivity contribution in [1.29, 1.82) is 0 Å². The first-order valence-corrected chi connectivity index (χ1v) is 9.95. The first kappa shape index (κ1) is 22.4. The lowest BCUT2D eigenvalue weighted by atomic mass is 10.2. The van der Waals surface area contributed by atoms with Crippen LogP contribution in [0.25, 0.3) is 0 Å². The summed E-state index contributed by atoms with van der Waals surface area (Å²) in [5, 5.41) is 0. The van der Waals surface area contributed by atoms with Crippen molar-refractivity contribution in [2.24, 2.45) is 0 Å². The van der Waals surface area contributed by atoms with Gasteiger partial charge in [0.05, 0.1) is 19.3 Å². The highest BCUT2D eigenvalue weighted by molar-refractivity contribution is 5.94. The lowest BCUT2D eigenvalue weighted by Gasteiger charge is -2.32. The van der Waals surface area contributed by atoms with Crippen molar-refractivity contribution in [3.8, 4) is 5.75 Å². The summed E-state index contributed by atoms with van der Waals surface area (Å²) in [5.41, 5.74) is 0.285. The second-order valence-electron chi connectivity index (χ2n) is 7.43. The third kappa shape index (κ3) is 6.09. The number of morpholine rings is 1. The van der Waals surface area contributed by atoms with Gasteiger partial charge in [0, 0.05) is 51.8 Å². The van der Waals surface area contributed by atoms with Crippen LogP contribution in [0, 0.1) is 0 Å². The fourth-order valence-electron chi connectivity index (χ4n) is 3.83.